The molecule has 0 heterocycles. The van der Waals surface area contributed by atoms with Gasteiger partial charge in [-0.25, -0.2) is 0 Å². The summed E-state index contributed by atoms with van der Waals surface area (Å²) >= 11 is 0. The van der Waals surface area contributed by atoms with E-state index in [9.17, 15) is 14.7 Å². The SMILES string of the molecule is COCOC(=O)C1C(C(=O)O)C(C)CC1(C)CCC(C)(C)C(C)(C)C. The maximum atomic E-state index is 12.6. The first-order valence-electron chi connectivity index (χ1n) is 9.15. The summed E-state index contributed by atoms with van der Waals surface area (Å²) in [5.74, 6) is -2.75. The molecule has 5 nitrogen and oxygen atoms in total. The average Bonchev–Trinajstić information content (AvgIpc) is 2.73. The van der Waals surface area contributed by atoms with E-state index in [4.69, 9.17) is 9.47 Å². The Hall–Kier alpha value is -1.10. The lowest BCUT2D eigenvalue weighted by atomic mass is 9.63. The van der Waals surface area contributed by atoms with Crippen LogP contribution in [0.5, 0.6) is 0 Å². The lowest BCUT2D eigenvalue weighted by Gasteiger charge is -2.42. The van der Waals surface area contributed by atoms with E-state index in [1.165, 1.54) is 7.11 Å². The third-order valence-electron chi connectivity index (χ3n) is 6.72. The molecule has 146 valence electrons. The summed E-state index contributed by atoms with van der Waals surface area (Å²) in [5.41, 5.74) is -0.163. The van der Waals surface area contributed by atoms with Crippen molar-refractivity contribution in [1.29, 1.82) is 0 Å². The number of carbonyl (C=O) groups excluding carboxylic acids is 1. The Bertz CT molecular complexity index is 491. The van der Waals surface area contributed by atoms with Crippen LogP contribution in [0, 0.1) is 34.0 Å². The Morgan fingerprint density at radius 3 is 2.20 bits per heavy atom. The third-order valence-corrected chi connectivity index (χ3v) is 6.72. The minimum Gasteiger partial charge on any atom is -0.481 e. The quantitative estimate of drug-likeness (QED) is 0.542. The van der Waals surface area contributed by atoms with E-state index in [1.807, 2.05) is 13.8 Å². The number of esters is 1. The Morgan fingerprint density at radius 1 is 1.20 bits per heavy atom. The van der Waals surface area contributed by atoms with Crippen molar-refractivity contribution in [3.05, 3.63) is 0 Å². The van der Waals surface area contributed by atoms with E-state index in [2.05, 4.69) is 34.6 Å². The molecule has 1 aliphatic rings. The summed E-state index contributed by atoms with van der Waals surface area (Å²) in [5, 5.41) is 9.68. The zero-order valence-electron chi connectivity index (χ0n) is 17.1. The van der Waals surface area contributed by atoms with Gasteiger partial charge in [-0.3, -0.25) is 9.59 Å². The summed E-state index contributed by atoms with van der Waals surface area (Å²) in [6, 6.07) is 0. The summed E-state index contributed by atoms with van der Waals surface area (Å²) in [6.45, 7) is 15.0. The maximum Gasteiger partial charge on any atom is 0.312 e. The van der Waals surface area contributed by atoms with Crippen LogP contribution in [0.25, 0.3) is 0 Å². The van der Waals surface area contributed by atoms with Crippen molar-refractivity contribution in [3.63, 3.8) is 0 Å². The number of aliphatic carboxylic acids is 1. The lowest BCUT2D eigenvalue weighted by Crippen LogP contribution is -2.39. The Labute approximate surface area is 152 Å². The van der Waals surface area contributed by atoms with Crippen LogP contribution in [0.4, 0.5) is 0 Å². The highest BCUT2D eigenvalue weighted by Gasteiger charge is 2.56. The molecule has 0 saturated heterocycles. The predicted octanol–water partition coefficient (Wildman–Crippen LogP) is 4.35. The highest BCUT2D eigenvalue weighted by Crippen LogP contribution is 2.55. The van der Waals surface area contributed by atoms with Gasteiger partial charge in [0.25, 0.3) is 0 Å². The van der Waals surface area contributed by atoms with Gasteiger partial charge >= 0.3 is 11.9 Å². The summed E-state index contributed by atoms with van der Waals surface area (Å²) in [7, 11) is 1.45. The Kier molecular flexibility index (Phi) is 6.71. The molecule has 0 aromatic carbocycles. The largest absolute Gasteiger partial charge is 0.481 e. The molecule has 0 radical (unpaired) electrons. The minimum absolute atomic E-state index is 0.0552. The number of methoxy groups -OCH3 is 1. The molecule has 1 rings (SSSR count). The van der Waals surface area contributed by atoms with Gasteiger partial charge in [0.15, 0.2) is 6.79 Å². The van der Waals surface area contributed by atoms with Gasteiger partial charge in [0.05, 0.1) is 11.8 Å². The van der Waals surface area contributed by atoms with Crippen molar-refractivity contribution in [2.75, 3.05) is 13.9 Å². The molecule has 0 aliphatic heterocycles. The first-order chi connectivity index (χ1) is 11.3. The smallest absolute Gasteiger partial charge is 0.312 e. The fourth-order valence-electron chi connectivity index (χ4n) is 4.01. The van der Waals surface area contributed by atoms with Crippen LogP contribution >= 0.6 is 0 Å². The number of hydrogen-bond acceptors (Lipinski definition) is 4. The molecular weight excluding hydrogens is 320 g/mol. The fourth-order valence-corrected chi connectivity index (χ4v) is 4.01. The summed E-state index contributed by atoms with van der Waals surface area (Å²) in [4.78, 5) is 24.4. The fraction of sp³-hybridized carbons (Fsp3) is 0.900. The van der Waals surface area contributed by atoms with Gasteiger partial charge in [0.1, 0.15) is 0 Å². The second-order valence-corrected chi connectivity index (χ2v) is 9.68. The van der Waals surface area contributed by atoms with Crippen LogP contribution in [0.3, 0.4) is 0 Å². The standard InChI is InChI=1S/C20H36O5/c1-13-11-20(7,10-9-19(5,6)18(2,3)4)15(14(13)16(21)22)17(23)25-12-24-8/h13-15H,9-12H2,1-8H3,(H,21,22). The van der Waals surface area contributed by atoms with Gasteiger partial charge < -0.3 is 14.6 Å². The minimum atomic E-state index is -0.911. The van der Waals surface area contributed by atoms with Crippen molar-refractivity contribution < 1.29 is 24.2 Å². The van der Waals surface area contributed by atoms with Gasteiger partial charge in [-0.2, -0.15) is 0 Å². The number of rotatable bonds is 7. The number of hydrogen-bond donors (Lipinski definition) is 1. The Balaban J connectivity index is 3.07. The van der Waals surface area contributed by atoms with E-state index in [1.54, 1.807) is 0 Å². The first-order valence-corrected chi connectivity index (χ1v) is 9.15. The molecule has 0 aromatic heterocycles. The van der Waals surface area contributed by atoms with Crippen LogP contribution in [0.2, 0.25) is 0 Å². The molecule has 0 bridgehead atoms. The molecule has 4 unspecified atom stereocenters. The molecule has 0 amide bonds. The molecule has 1 aliphatic carbocycles. The second-order valence-electron chi connectivity index (χ2n) is 9.68. The van der Waals surface area contributed by atoms with Gasteiger partial charge in [-0.15, -0.1) is 0 Å². The van der Waals surface area contributed by atoms with Crippen molar-refractivity contribution in [3.8, 4) is 0 Å². The van der Waals surface area contributed by atoms with Gasteiger partial charge in [-0.1, -0.05) is 48.5 Å². The molecule has 5 heteroatoms. The van der Waals surface area contributed by atoms with Gasteiger partial charge in [-0.05, 0) is 41.4 Å². The lowest BCUT2D eigenvalue weighted by molar-refractivity contribution is -0.169. The molecular formula is C20H36O5. The molecule has 0 aromatic rings. The molecule has 1 N–H and O–H groups in total. The molecule has 4 atom stereocenters. The molecule has 1 saturated carbocycles. The van der Waals surface area contributed by atoms with Crippen molar-refractivity contribution in [2.45, 2.75) is 67.7 Å². The summed E-state index contributed by atoms with van der Waals surface area (Å²) < 4.78 is 10.0. The zero-order valence-corrected chi connectivity index (χ0v) is 17.1. The first kappa shape index (κ1) is 21.9. The van der Waals surface area contributed by atoms with Crippen LogP contribution < -0.4 is 0 Å². The average molecular weight is 357 g/mol. The van der Waals surface area contributed by atoms with E-state index in [-0.39, 0.29) is 29.0 Å². The topological polar surface area (TPSA) is 72.8 Å². The van der Waals surface area contributed by atoms with E-state index in [0.717, 1.165) is 19.3 Å². The van der Waals surface area contributed by atoms with Crippen LogP contribution in [0.1, 0.15) is 67.7 Å². The van der Waals surface area contributed by atoms with Crippen molar-refractivity contribution in [2.24, 2.45) is 34.0 Å². The normalized spacial score (nSPS) is 30.3. The predicted molar refractivity (Wildman–Crippen MR) is 96.9 cm³/mol. The van der Waals surface area contributed by atoms with Crippen LogP contribution in [0.15, 0.2) is 0 Å². The van der Waals surface area contributed by atoms with Crippen molar-refractivity contribution in [1.82, 2.24) is 0 Å². The van der Waals surface area contributed by atoms with E-state index >= 15 is 0 Å². The molecule has 0 spiro atoms. The van der Waals surface area contributed by atoms with E-state index < -0.39 is 23.8 Å². The summed E-state index contributed by atoms with van der Waals surface area (Å²) in [6.07, 6.45) is 2.45. The maximum absolute atomic E-state index is 12.6. The van der Waals surface area contributed by atoms with Crippen molar-refractivity contribution >= 4 is 11.9 Å². The number of carboxylic acid groups (broad SMARTS) is 1. The number of carboxylic acids is 1. The Morgan fingerprint density at radius 2 is 1.76 bits per heavy atom. The highest BCUT2D eigenvalue weighted by atomic mass is 16.7. The third kappa shape index (κ3) is 4.75. The molecule has 1 fully saturated rings. The molecule has 25 heavy (non-hydrogen) atoms. The number of carbonyl (C=O) groups is 2. The highest BCUT2D eigenvalue weighted by molar-refractivity contribution is 5.83. The van der Waals surface area contributed by atoms with Gasteiger partial charge in [0.2, 0.25) is 0 Å². The van der Waals surface area contributed by atoms with E-state index in [0.29, 0.717) is 0 Å². The second kappa shape index (κ2) is 7.65. The van der Waals surface area contributed by atoms with Gasteiger partial charge in [0, 0.05) is 7.11 Å². The zero-order chi connectivity index (χ0) is 19.6. The number of ether oxygens (including phenoxy) is 2. The van der Waals surface area contributed by atoms with Crippen LogP contribution in [-0.2, 0) is 19.1 Å². The monoisotopic (exact) mass is 356 g/mol. The van der Waals surface area contributed by atoms with Crippen LogP contribution in [-0.4, -0.2) is 30.9 Å².